The second kappa shape index (κ2) is 9.98. The van der Waals surface area contributed by atoms with Crippen LogP contribution in [0.2, 0.25) is 0 Å². The number of benzene rings is 1. The van der Waals surface area contributed by atoms with Crippen LogP contribution in [0.25, 0.3) is 10.4 Å². The first-order valence-electron chi connectivity index (χ1n) is 11.0. The molecule has 7 nitrogen and oxygen atoms in total. The van der Waals surface area contributed by atoms with Gasteiger partial charge in [0.05, 0.1) is 28.0 Å². The highest BCUT2D eigenvalue weighted by Gasteiger charge is 2.25. The summed E-state index contributed by atoms with van der Waals surface area (Å²) in [5.41, 5.74) is 3.72. The molecule has 6 N–H and O–H groups in total. The van der Waals surface area contributed by atoms with Gasteiger partial charge in [0.2, 0.25) is 0 Å². The van der Waals surface area contributed by atoms with E-state index in [1.165, 1.54) is 19.9 Å². The molecule has 0 aliphatic rings. The number of thiophene rings is 1. The highest BCUT2D eigenvalue weighted by molar-refractivity contribution is 7.20. The Morgan fingerprint density at radius 2 is 1.77 bits per heavy atom. The molecule has 0 aliphatic heterocycles. The Hall–Kier alpha value is -2.92. The van der Waals surface area contributed by atoms with Crippen molar-refractivity contribution in [1.82, 2.24) is 10.3 Å². The summed E-state index contributed by atoms with van der Waals surface area (Å²) >= 11 is 0.962. The zero-order valence-corrected chi connectivity index (χ0v) is 21.1. The largest absolute Gasteiger partial charge is 0.389 e. The van der Waals surface area contributed by atoms with Crippen LogP contribution in [0.5, 0.6) is 0 Å². The molecule has 1 aromatic carbocycles. The number of halogens is 2. The Morgan fingerprint density at radius 3 is 2.31 bits per heavy atom. The Morgan fingerprint density at radius 1 is 1.14 bits per heavy atom. The normalized spacial score (nSPS) is 13.1. The quantitative estimate of drug-likeness (QED) is 0.294. The van der Waals surface area contributed by atoms with Gasteiger partial charge in [0.25, 0.3) is 5.91 Å². The summed E-state index contributed by atoms with van der Waals surface area (Å²) < 4.78 is 29.7. The van der Waals surface area contributed by atoms with Gasteiger partial charge in [0.15, 0.2) is 0 Å². The van der Waals surface area contributed by atoms with E-state index in [0.717, 1.165) is 23.5 Å². The Kier molecular flexibility index (Phi) is 7.61. The lowest BCUT2D eigenvalue weighted by atomic mass is 9.96. The molecule has 0 fully saturated rings. The van der Waals surface area contributed by atoms with Crippen LogP contribution in [-0.2, 0) is 12.1 Å². The standard InChI is InChI=1S/C25H30F2N4O3S/c1-13(24(2,3)33)29-12-15-7-6-8-20(30-15)31-23-16(22(28)32)11-19(35-23)21-17(26)9-14(10-18(21)27)25(4,5)34/h6-11,13,29,33-34H,12H2,1-5H3,(H2,28,32)(H,30,31). The lowest BCUT2D eigenvalue weighted by molar-refractivity contribution is 0.0436. The molecule has 3 aromatic rings. The van der Waals surface area contributed by atoms with Gasteiger partial charge >= 0.3 is 0 Å². The fraction of sp³-hybridized carbons (Fsp3) is 0.360. The third-order valence-corrected chi connectivity index (χ3v) is 6.76. The van der Waals surface area contributed by atoms with Crippen molar-refractivity contribution in [2.75, 3.05) is 5.32 Å². The molecular formula is C25H30F2N4O3S. The van der Waals surface area contributed by atoms with Crippen molar-refractivity contribution < 1.29 is 23.8 Å². The zero-order chi connectivity index (χ0) is 26.1. The van der Waals surface area contributed by atoms with Crippen LogP contribution in [0.15, 0.2) is 36.4 Å². The molecule has 0 saturated heterocycles. The molecule has 2 heterocycles. The first-order chi connectivity index (χ1) is 16.2. The average Bonchev–Trinajstić information content (AvgIpc) is 3.13. The van der Waals surface area contributed by atoms with Crippen molar-refractivity contribution >= 4 is 28.1 Å². The van der Waals surface area contributed by atoms with Crippen molar-refractivity contribution in [3.63, 3.8) is 0 Å². The number of amides is 1. The maximum absolute atomic E-state index is 14.9. The van der Waals surface area contributed by atoms with Crippen LogP contribution < -0.4 is 16.4 Å². The lowest BCUT2D eigenvalue weighted by Gasteiger charge is -2.26. The number of carbonyl (C=O) groups is 1. The summed E-state index contributed by atoms with van der Waals surface area (Å²) in [6.07, 6.45) is 0. The summed E-state index contributed by atoms with van der Waals surface area (Å²) in [7, 11) is 0. The number of nitrogens with zero attached hydrogens (tertiary/aromatic N) is 1. The van der Waals surface area contributed by atoms with E-state index in [1.54, 1.807) is 32.0 Å². The van der Waals surface area contributed by atoms with Gasteiger partial charge in [-0.1, -0.05) is 6.07 Å². The van der Waals surface area contributed by atoms with Crippen LogP contribution in [0.3, 0.4) is 0 Å². The van der Waals surface area contributed by atoms with Crippen LogP contribution in [0.1, 0.15) is 56.2 Å². The first-order valence-corrected chi connectivity index (χ1v) is 11.8. The number of anilines is 2. The molecule has 188 valence electrons. The van der Waals surface area contributed by atoms with E-state index >= 15 is 0 Å². The number of primary amides is 1. The molecule has 10 heteroatoms. The van der Waals surface area contributed by atoms with Gasteiger partial charge in [0, 0.05) is 17.5 Å². The minimum atomic E-state index is -1.42. The zero-order valence-electron chi connectivity index (χ0n) is 20.2. The predicted octanol–water partition coefficient (Wildman–Crippen LogP) is 4.41. The highest BCUT2D eigenvalue weighted by atomic mass is 32.1. The number of hydrogen-bond acceptors (Lipinski definition) is 7. The summed E-state index contributed by atoms with van der Waals surface area (Å²) in [6.45, 7) is 8.53. The van der Waals surface area contributed by atoms with Crippen molar-refractivity contribution in [2.24, 2.45) is 5.73 Å². The summed E-state index contributed by atoms with van der Waals surface area (Å²) in [6, 6.07) is 8.55. The number of rotatable bonds is 9. The van der Waals surface area contributed by atoms with Gasteiger partial charge in [-0.3, -0.25) is 4.79 Å². The summed E-state index contributed by atoms with van der Waals surface area (Å²) in [5.74, 6) is -2.08. The van der Waals surface area contributed by atoms with E-state index in [-0.39, 0.29) is 27.6 Å². The van der Waals surface area contributed by atoms with Crippen LogP contribution >= 0.6 is 11.3 Å². The number of nitrogens with one attached hydrogen (secondary N) is 2. The molecule has 0 spiro atoms. The third-order valence-electron chi connectivity index (χ3n) is 5.69. The van der Waals surface area contributed by atoms with Gasteiger partial charge in [-0.05, 0) is 70.5 Å². The topological polar surface area (TPSA) is 120 Å². The van der Waals surface area contributed by atoms with Gasteiger partial charge < -0.3 is 26.6 Å². The van der Waals surface area contributed by atoms with Crippen LogP contribution in [-0.4, -0.2) is 32.7 Å². The second-order valence-corrected chi connectivity index (χ2v) is 10.5. The van der Waals surface area contributed by atoms with E-state index in [2.05, 4.69) is 15.6 Å². The smallest absolute Gasteiger partial charge is 0.251 e. The van der Waals surface area contributed by atoms with Gasteiger partial charge in [-0.25, -0.2) is 13.8 Å². The van der Waals surface area contributed by atoms with Crippen molar-refractivity contribution in [3.8, 4) is 10.4 Å². The van der Waals surface area contributed by atoms with Crippen LogP contribution in [0, 0.1) is 11.6 Å². The fourth-order valence-electron chi connectivity index (χ4n) is 3.22. The van der Waals surface area contributed by atoms with E-state index in [0.29, 0.717) is 23.1 Å². The molecule has 1 atom stereocenters. The molecule has 0 radical (unpaired) electrons. The number of aromatic nitrogens is 1. The molecular weight excluding hydrogens is 474 g/mol. The van der Waals surface area contributed by atoms with Crippen molar-refractivity contribution in [2.45, 2.75) is 58.4 Å². The summed E-state index contributed by atoms with van der Waals surface area (Å²) in [5, 5.41) is 26.7. The molecule has 3 rings (SSSR count). The van der Waals surface area contributed by atoms with E-state index < -0.39 is 28.7 Å². The number of pyridine rings is 1. The van der Waals surface area contributed by atoms with E-state index in [1.807, 2.05) is 6.92 Å². The number of carbonyl (C=O) groups excluding carboxylic acids is 1. The van der Waals surface area contributed by atoms with E-state index in [4.69, 9.17) is 5.73 Å². The summed E-state index contributed by atoms with van der Waals surface area (Å²) in [4.78, 5) is 16.7. The molecule has 2 aromatic heterocycles. The maximum atomic E-state index is 14.9. The van der Waals surface area contributed by atoms with Crippen molar-refractivity contribution in [3.05, 3.63) is 64.9 Å². The Labute approximate surface area is 207 Å². The van der Waals surface area contributed by atoms with Gasteiger partial charge in [-0.15, -0.1) is 11.3 Å². The molecule has 0 bridgehead atoms. The minimum Gasteiger partial charge on any atom is -0.389 e. The number of aliphatic hydroxyl groups is 2. The first kappa shape index (κ1) is 26.7. The number of hydrogen-bond donors (Lipinski definition) is 5. The molecule has 1 amide bonds. The third kappa shape index (κ3) is 6.40. The fourth-order valence-corrected chi connectivity index (χ4v) is 4.34. The predicted molar refractivity (Wildman–Crippen MR) is 134 cm³/mol. The van der Waals surface area contributed by atoms with Crippen molar-refractivity contribution in [1.29, 1.82) is 0 Å². The van der Waals surface area contributed by atoms with E-state index in [9.17, 15) is 23.8 Å². The monoisotopic (exact) mass is 504 g/mol. The van der Waals surface area contributed by atoms with Crippen LogP contribution in [0.4, 0.5) is 19.6 Å². The maximum Gasteiger partial charge on any atom is 0.251 e. The van der Waals surface area contributed by atoms with Gasteiger partial charge in [-0.2, -0.15) is 0 Å². The minimum absolute atomic E-state index is 0.0661. The Balaban J connectivity index is 1.91. The lowest BCUT2D eigenvalue weighted by Crippen LogP contribution is -2.44. The average molecular weight is 505 g/mol. The molecule has 0 saturated carbocycles. The SMILES string of the molecule is CC(NCc1cccc(Nc2sc(-c3c(F)cc(C(C)(C)O)cc3F)cc2C(N)=O)n1)C(C)(C)O. The molecule has 1 unspecified atom stereocenters. The second-order valence-electron chi connectivity index (χ2n) is 9.49. The Bertz CT molecular complexity index is 1210. The molecule has 35 heavy (non-hydrogen) atoms. The highest BCUT2D eigenvalue weighted by Crippen LogP contribution is 2.40. The number of nitrogens with two attached hydrogens (primary N) is 1. The van der Waals surface area contributed by atoms with Gasteiger partial charge in [0.1, 0.15) is 22.5 Å². The molecule has 0 aliphatic carbocycles.